The van der Waals surface area contributed by atoms with Crippen molar-refractivity contribution in [2.45, 2.75) is 13.3 Å². The fourth-order valence-electron chi connectivity index (χ4n) is 7.30. The van der Waals surface area contributed by atoms with Gasteiger partial charge in [-0.1, -0.05) is 128 Å². The third-order valence-corrected chi connectivity index (χ3v) is 9.33. The lowest BCUT2D eigenvalue weighted by atomic mass is 9.85. The molecule has 0 aliphatic rings. The smallest absolute Gasteiger partial charge is 0.114 e. The van der Waals surface area contributed by atoms with Crippen LogP contribution >= 0.6 is 0 Å². The second-order valence-electron chi connectivity index (χ2n) is 11.8. The number of benzene rings is 8. The summed E-state index contributed by atoms with van der Waals surface area (Å²) in [5, 5.41) is 10.2. The Morgan fingerprint density at radius 1 is 0.467 bits per heavy atom. The van der Waals surface area contributed by atoms with Crippen molar-refractivity contribution in [1.82, 2.24) is 9.55 Å². The number of aromatic nitrogens is 2. The Hall–Kier alpha value is -5.73. The van der Waals surface area contributed by atoms with Crippen LogP contribution in [0.5, 0.6) is 0 Å². The maximum Gasteiger partial charge on any atom is 0.114 e. The molecular formula is C43H30N2. The number of fused-ring (bicyclic) bond motifs is 6. The molecule has 0 unspecified atom stereocenters. The van der Waals surface area contributed by atoms with E-state index in [1.165, 1.54) is 65.3 Å². The van der Waals surface area contributed by atoms with E-state index < -0.39 is 0 Å². The highest BCUT2D eigenvalue weighted by Gasteiger charge is 2.18. The third kappa shape index (κ3) is 3.99. The van der Waals surface area contributed by atoms with Crippen LogP contribution in [0.25, 0.3) is 82.1 Å². The fourth-order valence-corrected chi connectivity index (χ4v) is 7.30. The zero-order valence-corrected chi connectivity index (χ0v) is 25.0. The minimum Gasteiger partial charge on any atom is -0.296 e. The van der Waals surface area contributed by atoms with Crippen molar-refractivity contribution in [2.24, 2.45) is 0 Å². The van der Waals surface area contributed by atoms with E-state index in [4.69, 9.17) is 4.98 Å². The van der Waals surface area contributed by atoms with Crippen LogP contribution in [0.1, 0.15) is 12.7 Å². The van der Waals surface area contributed by atoms with Crippen molar-refractivity contribution in [2.75, 3.05) is 0 Å². The highest BCUT2D eigenvalue weighted by molar-refractivity contribution is 6.22. The second-order valence-corrected chi connectivity index (χ2v) is 11.8. The summed E-state index contributed by atoms with van der Waals surface area (Å²) in [7, 11) is 0. The van der Waals surface area contributed by atoms with Gasteiger partial charge in [-0.3, -0.25) is 4.57 Å². The van der Waals surface area contributed by atoms with E-state index in [0.717, 1.165) is 29.0 Å². The summed E-state index contributed by atoms with van der Waals surface area (Å²) < 4.78 is 2.29. The van der Waals surface area contributed by atoms with Crippen molar-refractivity contribution in [3.8, 4) is 27.9 Å². The topological polar surface area (TPSA) is 17.8 Å². The molecule has 2 nitrogen and oxygen atoms in total. The van der Waals surface area contributed by atoms with Crippen LogP contribution in [0.3, 0.4) is 0 Å². The maximum absolute atomic E-state index is 4.91. The molecular weight excluding hydrogens is 544 g/mol. The molecule has 212 valence electrons. The Bertz CT molecular complexity index is 2510. The van der Waals surface area contributed by atoms with Crippen LogP contribution in [-0.4, -0.2) is 9.55 Å². The number of rotatable bonds is 4. The quantitative estimate of drug-likeness (QED) is 0.151. The Morgan fingerprint density at radius 3 is 1.69 bits per heavy atom. The van der Waals surface area contributed by atoms with Crippen LogP contribution in [-0.2, 0) is 6.42 Å². The van der Waals surface area contributed by atoms with E-state index in [1.807, 2.05) is 0 Å². The van der Waals surface area contributed by atoms with Gasteiger partial charge in [0.05, 0.1) is 11.0 Å². The summed E-state index contributed by atoms with van der Waals surface area (Å²) in [5.41, 5.74) is 8.33. The number of nitrogens with zero attached hydrogens (tertiary/aromatic N) is 2. The molecule has 0 aliphatic carbocycles. The molecule has 1 aromatic heterocycles. The number of para-hydroxylation sites is 2. The van der Waals surface area contributed by atoms with Crippen molar-refractivity contribution in [3.05, 3.63) is 157 Å². The SMILES string of the molecule is CCc1nc2ccccc2n1-c1ccc(-c2c3ccccc3c(-c3ccc4c(ccc5ccccc54)c3)c3ccccc23)cc1. The summed E-state index contributed by atoms with van der Waals surface area (Å²) in [4.78, 5) is 4.91. The Balaban J connectivity index is 1.26. The van der Waals surface area contributed by atoms with Gasteiger partial charge in [0.2, 0.25) is 0 Å². The van der Waals surface area contributed by atoms with Crippen LogP contribution in [0, 0.1) is 0 Å². The molecule has 0 saturated carbocycles. The van der Waals surface area contributed by atoms with Crippen molar-refractivity contribution >= 4 is 54.1 Å². The molecule has 0 amide bonds. The van der Waals surface area contributed by atoms with E-state index in [9.17, 15) is 0 Å². The van der Waals surface area contributed by atoms with Gasteiger partial charge in [0, 0.05) is 12.1 Å². The minimum absolute atomic E-state index is 0.873. The number of hydrogen-bond donors (Lipinski definition) is 0. The van der Waals surface area contributed by atoms with Gasteiger partial charge in [0.25, 0.3) is 0 Å². The first-order chi connectivity index (χ1) is 22.3. The normalized spacial score (nSPS) is 11.8. The molecule has 0 atom stereocenters. The molecule has 8 aromatic carbocycles. The minimum atomic E-state index is 0.873. The van der Waals surface area contributed by atoms with Crippen LogP contribution in [0.4, 0.5) is 0 Å². The largest absolute Gasteiger partial charge is 0.296 e. The zero-order chi connectivity index (χ0) is 29.9. The standard InChI is InChI=1S/C43H30N2/c1-2-41-44-39-17-9-10-18-40(39)45(41)32-24-21-29(22-25-32)42-35-13-5-7-15-37(35)43(38-16-8-6-14-36(38)42)31-23-26-34-30(27-31)20-19-28-11-3-4-12-33(28)34/h3-27H,2H2,1H3. The van der Waals surface area contributed by atoms with Gasteiger partial charge in [-0.2, -0.15) is 0 Å². The molecule has 0 saturated heterocycles. The monoisotopic (exact) mass is 574 g/mol. The van der Waals surface area contributed by atoms with Crippen molar-refractivity contribution in [3.63, 3.8) is 0 Å². The van der Waals surface area contributed by atoms with E-state index in [2.05, 4.69) is 163 Å². The van der Waals surface area contributed by atoms with Gasteiger partial charge in [0.1, 0.15) is 5.82 Å². The van der Waals surface area contributed by atoms with Gasteiger partial charge in [-0.05, 0) is 95.7 Å². The lowest BCUT2D eigenvalue weighted by Crippen LogP contribution is -2.00. The van der Waals surface area contributed by atoms with Gasteiger partial charge in [0.15, 0.2) is 0 Å². The average molecular weight is 575 g/mol. The van der Waals surface area contributed by atoms with Gasteiger partial charge >= 0.3 is 0 Å². The fraction of sp³-hybridized carbons (Fsp3) is 0.0465. The molecule has 0 bridgehead atoms. The average Bonchev–Trinajstić information content (AvgIpc) is 3.49. The molecule has 1 heterocycles. The van der Waals surface area contributed by atoms with Crippen molar-refractivity contribution in [1.29, 1.82) is 0 Å². The molecule has 0 radical (unpaired) electrons. The van der Waals surface area contributed by atoms with Gasteiger partial charge < -0.3 is 0 Å². The number of aryl methyl sites for hydroxylation is 1. The summed E-state index contributed by atoms with van der Waals surface area (Å²) >= 11 is 0. The Morgan fingerprint density at radius 2 is 1.00 bits per heavy atom. The van der Waals surface area contributed by atoms with Crippen LogP contribution in [0.2, 0.25) is 0 Å². The van der Waals surface area contributed by atoms with Gasteiger partial charge in [-0.25, -0.2) is 4.98 Å². The first-order valence-electron chi connectivity index (χ1n) is 15.7. The summed E-state index contributed by atoms with van der Waals surface area (Å²) in [5.74, 6) is 1.08. The summed E-state index contributed by atoms with van der Waals surface area (Å²) in [6.45, 7) is 2.17. The second kappa shape index (κ2) is 10.2. The maximum atomic E-state index is 4.91. The van der Waals surface area contributed by atoms with E-state index >= 15 is 0 Å². The molecule has 9 rings (SSSR count). The highest BCUT2D eigenvalue weighted by atomic mass is 15.1. The molecule has 2 heteroatoms. The molecule has 0 aliphatic heterocycles. The van der Waals surface area contributed by atoms with Crippen LogP contribution in [0.15, 0.2) is 152 Å². The molecule has 0 spiro atoms. The Labute approximate surface area is 261 Å². The van der Waals surface area contributed by atoms with Crippen LogP contribution < -0.4 is 0 Å². The molecule has 9 aromatic rings. The zero-order valence-electron chi connectivity index (χ0n) is 25.0. The number of imidazole rings is 1. The first kappa shape index (κ1) is 25.7. The molecule has 0 N–H and O–H groups in total. The summed E-state index contributed by atoms with van der Waals surface area (Å²) in [6, 6.07) is 55.3. The number of hydrogen-bond acceptors (Lipinski definition) is 1. The molecule has 0 fully saturated rings. The first-order valence-corrected chi connectivity index (χ1v) is 15.7. The Kier molecular flexibility index (Phi) is 5.82. The molecule has 45 heavy (non-hydrogen) atoms. The highest BCUT2D eigenvalue weighted by Crippen LogP contribution is 2.44. The van der Waals surface area contributed by atoms with Crippen molar-refractivity contribution < 1.29 is 0 Å². The van der Waals surface area contributed by atoms with E-state index in [-0.39, 0.29) is 0 Å². The predicted octanol–water partition coefficient (Wildman–Crippen LogP) is 11.5. The predicted molar refractivity (Wildman–Crippen MR) is 191 cm³/mol. The third-order valence-electron chi connectivity index (χ3n) is 9.33. The van der Waals surface area contributed by atoms with Gasteiger partial charge in [-0.15, -0.1) is 0 Å². The lowest BCUT2D eigenvalue weighted by molar-refractivity contribution is 0.908. The summed E-state index contributed by atoms with van der Waals surface area (Å²) in [6.07, 6.45) is 0.873. The van der Waals surface area contributed by atoms with E-state index in [1.54, 1.807) is 0 Å². The van der Waals surface area contributed by atoms with E-state index in [0.29, 0.717) is 0 Å². The lowest BCUT2D eigenvalue weighted by Gasteiger charge is -2.18.